The number of carbonyl (C=O) groups excluding carboxylic acids is 1. The van der Waals surface area contributed by atoms with Crippen LogP contribution in [-0.4, -0.2) is 27.5 Å². The average molecular weight is 467 g/mol. The van der Waals surface area contributed by atoms with E-state index in [4.69, 9.17) is 4.74 Å². The van der Waals surface area contributed by atoms with E-state index in [1.807, 2.05) is 12.1 Å². The van der Waals surface area contributed by atoms with Gasteiger partial charge in [-0.05, 0) is 73.9 Å². The van der Waals surface area contributed by atoms with Gasteiger partial charge in [-0.25, -0.2) is 8.42 Å². The molecule has 0 fully saturated rings. The largest absolute Gasteiger partial charge is 0.494 e. The van der Waals surface area contributed by atoms with Crippen molar-refractivity contribution in [3.05, 3.63) is 84.4 Å². The lowest BCUT2D eigenvalue weighted by molar-refractivity contribution is 0.102. The molecule has 33 heavy (non-hydrogen) atoms. The van der Waals surface area contributed by atoms with Crippen LogP contribution in [0.5, 0.6) is 5.75 Å². The van der Waals surface area contributed by atoms with Crippen molar-refractivity contribution in [3.63, 3.8) is 0 Å². The Morgan fingerprint density at radius 2 is 1.67 bits per heavy atom. The van der Waals surface area contributed by atoms with Crippen molar-refractivity contribution in [1.82, 2.24) is 0 Å². The van der Waals surface area contributed by atoms with E-state index in [-0.39, 0.29) is 10.8 Å². The zero-order valence-electron chi connectivity index (χ0n) is 19.2. The number of carbonyl (C=O) groups is 1. The van der Waals surface area contributed by atoms with Crippen molar-refractivity contribution < 1.29 is 17.9 Å². The molecule has 0 spiro atoms. The Morgan fingerprint density at radius 1 is 0.970 bits per heavy atom. The van der Waals surface area contributed by atoms with Crippen molar-refractivity contribution in [2.45, 2.75) is 32.1 Å². The van der Waals surface area contributed by atoms with Crippen LogP contribution in [0.1, 0.15) is 37.6 Å². The normalized spacial score (nSPS) is 11.3. The molecule has 0 aromatic heterocycles. The maximum atomic E-state index is 13.1. The van der Waals surface area contributed by atoms with Gasteiger partial charge in [-0.1, -0.05) is 38.1 Å². The van der Waals surface area contributed by atoms with Crippen LogP contribution >= 0.6 is 0 Å². The molecule has 3 aromatic rings. The Kier molecular flexibility index (Phi) is 8.11. The highest BCUT2D eigenvalue weighted by Crippen LogP contribution is 2.24. The number of amides is 1. The van der Waals surface area contributed by atoms with Gasteiger partial charge in [0.2, 0.25) is 0 Å². The topological polar surface area (TPSA) is 75.7 Å². The first-order valence-electron chi connectivity index (χ1n) is 11.0. The second-order valence-corrected chi connectivity index (χ2v) is 9.90. The number of sulfonamides is 1. The number of ether oxygens (including phenoxy) is 1. The minimum Gasteiger partial charge on any atom is -0.494 e. The van der Waals surface area contributed by atoms with Gasteiger partial charge in [-0.15, -0.1) is 0 Å². The molecular weight excluding hydrogens is 436 g/mol. The molecule has 1 N–H and O–H groups in total. The molecule has 174 valence electrons. The summed E-state index contributed by atoms with van der Waals surface area (Å²) in [5, 5.41) is 2.81. The van der Waals surface area contributed by atoms with E-state index in [0.717, 1.165) is 6.42 Å². The van der Waals surface area contributed by atoms with E-state index < -0.39 is 10.0 Å². The Balaban J connectivity index is 1.70. The zero-order chi connectivity index (χ0) is 23.8. The molecule has 0 unspecified atom stereocenters. The first-order chi connectivity index (χ1) is 15.8. The minimum atomic E-state index is -3.72. The summed E-state index contributed by atoms with van der Waals surface area (Å²) in [5.41, 5.74) is 1.58. The van der Waals surface area contributed by atoms with E-state index >= 15 is 0 Å². The van der Waals surface area contributed by atoms with Crippen molar-refractivity contribution in [2.24, 2.45) is 5.92 Å². The van der Waals surface area contributed by atoms with Gasteiger partial charge in [-0.3, -0.25) is 9.10 Å². The fourth-order valence-electron chi connectivity index (χ4n) is 3.27. The smallest absolute Gasteiger partial charge is 0.264 e. The lowest BCUT2D eigenvalue weighted by Gasteiger charge is -2.23. The third-order valence-corrected chi connectivity index (χ3v) is 7.01. The number of hydrogen-bond acceptors (Lipinski definition) is 4. The Labute approximate surface area is 196 Å². The van der Waals surface area contributed by atoms with Crippen LogP contribution in [0.4, 0.5) is 11.4 Å². The molecular formula is C26H30N2O4S. The summed E-state index contributed by atoms with van der Waals surface area (Å²) in [6, 6.07) is 22.2. The number of hydrogen-bond donors (Lipinski definition) is 1. The standard InChI is InChI=1S/C26H30N2O4S/c1-4-28(23-10-6-5-7-11-23)33(30,31)25-15-13-22(14-16-25)27-26(29)21-9-8-12-24(19-21)32-18-17-20(2)3/h5-16,19-20H,4,17-18H2,1-3H3,(H,27,29). The molecule has 7 heteroatoms. The van der Waals surface area contributed by atoms with Crippen molar-refractivity contribution in [2.75, 3.05) is 22.8 Å². The van der Waals surface area contributed by atoms with Gasteiger partial charge in [-0.2, -0.15) is 0 Å². The third-order valence-electron chi connectivity index (χ3n) is 5.09. The zero-order valence-corrected chi connectivity index (χ0v) is 20.0. The summed E-state index contributed by atoms with van der Waals surface area (Å²) in [4.78, 5) is 12.8. The summed E-state index contributed by atoms with van der Waals surface area (Å²) >= 11 is 0. The number of nitrogens with zero attached hydrogens (tertiary/aromatic N) is 1. The van der Waals surface area contributed by atoms with Crippen LogP contribution in [0.25, 0.3) is 0 Å². The first-order valence-corrected chi connectivity index (χ1v) is 12.5. The summed E-state index contributed by atoms with van der Waals surface area (Å²) in [6.45, 7) is 6.95. The van der Waals surface area contributed by atoms with Gasteiger partial charge in [0.1, 0.15) is 5.75 Å². The monoisotopic (exact) mass is 466 g/mol. The molecule has 0 radical (unpaired) electrons. The average Bonchev–Trinajstić information content (AvgIpc) is 2.80. The van der Waals surface area contributed by atoms with E-state index in [0.29, 0.717) is 41.8 Å². The number of para-hydroxylation sites is 1. The first kappa shape index (κ1) is 24.3. The van der Waals surface area contributed by atoms with Crippen molar-refractivity contribution in [1.29, 1.82) is 0 Å². The molecule has 0 aliphatic carbocycles. The van der Waals surface area contributed by atoms with Gasteiger partial charge in [0.15, 0.2) is 0 Å². The predicted octanol–water partition coefficient (Wildman–Crippen LogP) is 5.58. The highest BCUT2D eigenvalue weighted by Gasteiger charge is 2.23. The molecule has 6 nitrogen and oxygen atoms in total. The Bertz CT molecular complexity index is 1160. The van der Waals surface area contributed by atoms with Crippen molar-refractivity contribution >= 4 is 27.3 Å². The van der Waals surface area contributed by atoms with Gasteiger partial charge in [0.05, 0.1) is 17.2 Å². The molecule has 0 heterocycles. The van der Waals surface area contributed by atoms with E-state index in [2.05, 4.69) is 19.2 Å². The van der Waals surface area contributed by atoms with Crippen molar-refractivity contribution in [3.8, 4) is 5.75 Å². The highest BCUT2D eigenvalue weighted by atomic mass is 32.2. The predicted molar refractivity (Wildman–Crippen MR) is 132 cm³/mol. The fourth-order valence-corrected chi connectivity index (χ4v) is 4.74. The van der Waals surface area contributed by atoms with E-state index in [9.17, 15) is 13.2 Å². The lowest BCUT2D eigenvalue weighted by Crippen LogP contribution is -2.30. The van der Waals surface area contributed by atoms with Crippen LogP contribution in [0.3, 0.4) is 0 Å². The highest BCUT2D eigenvalue weighted by molar-refractivity contribution is 7.92. The maximum absolute atomic E-state index is 13.1. The van der Waals surface area contributed by atoms with Gasteiger partial charge < -0.3 is 10.1 Å². The van der Waals surface area contributed by atoms with E-state index in [1.165, 1.54) is 16.4 Å². The second-order valence-electron chi connectivity index (χ2n) is 8.04. The summed E-state index contributed by atoms with van der Waals surface area (Å²) in [6.07, 6.45) is 0.936. The van der Waals surface area contributed by atoms with Gasteiger partial charge in [0, 0.05) is 17.8 Å². The maximum Gasteiger partial charge on any atom is 0.264 e. The van der Waals surface area contributed by atoms with Crippen LogP contribution in [0, 0.1) is 5.92 Å². The van der Waals surface area contributed by atoms with Crippen LogP contribution in [0.15, 0.2) is 83.8 Å². The summed E-state index contributed by atoms with van der Waals surface area (Å²) in [5.74, 6) is 0.894. The molecule has 1 amide bonds. The fraction of sp³-hybridized carbons (Fsp3) is 0.269. The number of rotatable bonds is 10. The number of anilines is 2. The SMILES string of the molecule is CCN(c1ccccc1)S(=O)(=O)c1ccc(NC(=O)c2cccc(OCCC(C)C)c2)cc1. The molecule has 0 aliphatic rings. The molecule has 3 rings (SSSR count). The molecule has 3 aromatic carbocycles. The Morgan fingerprint density at radius 3 is 2.30 bits per heavy atom. The second kappa shape index (κ2) is 11.0. The van der Waals surface area contributed by atoms with E-state index in [1.54, 1.807) is 61.5 Å². The van der Waals surface area contributed by atoms with Gasteiger partial charge in [0.25, 0.3) is 15.9 Å². The van der Waals surface area contributed by atoms with Crippen LogP contribution in [0.2, 0.25) is 0 Å². The van der Waals surface area contributed by atoms with Crippen LogP contribution < -0.4 is 14.4 Å². The van der Waals surface area contributed by atoms with Gasteiger partial charge >= 0.3 is 0 Å². The lowest BCUT2D eigenvalue weighted by atomic mass is 10.1. The van der Waals surface area contributed by atoms with Crippen LogP contribution in [-0.2, 0) is 10.0 Å². The summed E-state index contributed by atoms with van der Waals surface area (Å²) in [7, 11) is -3.72. The molecule has 0 saturated heterocycles. The molecule has 0 saturated carbocycles. The summed E-state index contributed by atoms with van der Waals surface area (Å²) < 4.78 is 33.3. The number of nitrogens with one attached hydrogen (secondary N) is 1. The minimum absolute atomic E-state index is 0.159. The molecule has 0 aliphatic heterocycles. The quantitative estimate of drug-likeness (QED) is 0.423. The number of benzene rings is 3. The Hall–Kier alpha value is -3.32. The third kappa shape index (κ3) is 6.35. The molecule has 0 atom stereocenters. The molecule has 0 bridgehead atoms.